The zero-order chi connectivity index (χ0) is 9.80. The Bertz CT molecular complexity index is 349. The Hall–Kier alpha value is -0.630. The molecule has 0 aromatic heterocycles. The van der Waals surface area contributed by atoms with Crippen LogP contribution in [0.15, 0.2) is 70.5 Å². The molecule has 3 heteroatoms. The summed E-state index contributed by atoms with van der Waals surface area (Å²) in [5.74, 6) is 0. The number of hydrogen-bond donors (Lipinski definition) is 0. The molecule has 0 fully saturated rings. The SMILES string of the molecule is Cl[S+](c1ccccc1)c1ccccc1.[Cl-]. The third-order valence-corrected chi connectivity index (χ3v) is 4.34. The van der Waals surface area contributed by atoms with E-state index in [-0.39, 0.29) is 22.5 Å². The Labute approximate surface area is 104 Å². The maximum absolute atomic E-state index is 6.36. The fourth-order valence-corrected chi connectivity index (χ4v) is 2.90. The first-order chi connectivity index (χ1) is 6.88. The average molecular weight is 257 g/mol. The molecule has 0 saturated heterocycles. The molecular weight excluding hydrogens is 247 g/mol. The zero-order valence-corrected chi connectivity index (χ0v) is 10.3. The summed E-state index contributed by atoms with van der Waals surface area (Å²) in [5.41, 5.74) is 0. The minimum Gasteiger partial charge on any atom is -1.00 e. The molecule has 0 bridgehead atoms. The van der Waals surface area contributed by atoms with Gasteiger partial charge in [0.05, 0.1) is 0 Å². The molecule has 0 aliphatic carbocycles. The molecule has 0 radical (unpaired) electrons. The van der Waals surface area contributed by atoms with Crippen molar-refractivity contribution in [3.63, 3.8) is 0 Å². The molecule has 0 aliphatic rings. The molecule has 0 nitrogen and oxygen atoms in total. The monoisotopic (exact) mass is 256 g/mol. The minimum absolute atomic E-state index is 0. The summed E-state index contributed by atoms with van der Waals surface area (Å²) in [5, 5.41) is 0. The summed E-state index contributed by atoms with van der Waals surface area (Å²) in [4.78, 5) is 2.33. The lowest BCUT2D eigenvalue weighted by atomic mass is 10.4. The molecule has 0 saturated carbocycles. The first-order valence-electron chi connectivity index (χ1n) is 4.38. The van der Waals surface area contributed by atoms with Crippen LogP contribution >= 0.6 is 10.7 Å². The van der Waals surface area contributed by atoms with E-state index in [0.717, 1.165) is 0 Å². The molecule has 0 spiro atoms. The lowest BCUT2D eigenvalue weighted by Crippen LogP contribution is -3.00. The van der Waals surface area contributed by atoms with Crippen molar-refractivity contribution in [2.45, 2.75) is 9.79 Å². The molecule has 0 unspecified atom stereocenters. The van der Waals surface area contributed by atoms with Crippen LogP contribution in [0.3, 0.4) is 0 Å². The highest BCUT2D eigenvalue weighted by Gasteiger charge is 2.22. The Balaban J connectivity index is 0.00000112. The van der Waals surface area contributed by atoms with Gasteiger partial charge in [0.1, 0.15) is 0 Å². The summed E-state index contributed by atoms with van der Waals surface area (Å²) < 4.78 is 0. The van der Waals surface area contributed by atoms with Gasteiger partial charge in [-0.15, -0.1) is 0 Å². The van der Waals surface area contributed by atoms with Crippen molar-refractivity contribution in [1.82, 2.24) is 0 Å². The van der Waals surface area contributed by atoms with Crippen LogP contribution in [0, 0.1) is 0 Å². The predicted molar refractivity (Wildman–Crippen MR) is 62.6 cm³/mol. The smallest absolute Gasteiger partial charge is 0.189 e. The van der Waals surface area contributed by atoms with Crippen molar-refractivity contribution < 1.29 is 12.4 Å². The molecule has 2 aromatic rings. The number of hydrogen-bond acceptors (Lipinski definition) is 0. The maximum atomic E-state index is 6.36. The van der Waals surface area contributed by atoms with Crippen LogP contribution in [0.2, 0.25) is 0 Å². The van der Waals surface area contributed by atoms with Gasteiger partial charge in [-0.1, -0.05) is 36.4 Å². The van der Waals surface area contributed by atoms with E-state index in [4.69, 9.17) is 10.7 Å². The van der Waals surface area contributed by atoms with Crippen molar-refractivity contribution in [3.05, 3.63) is 60.7 Å². The van der Waals surface area contributed by atoms with Crippen LogP contribution in [-0.4, -0.2) is 0 Å². The standard InChI is InChI=1S/C12H10ClS.ClH/c13-14(11-7-3-1-4-8-11)12-9-5-2-6-10-12;/h1-10H;1H/q+1;/p-1. The molecule has 0 heterocycles. The van der Waals surface area contributed by atoms with Gasteiger partial charge in [-0.2, -0.15) is 0 Å². The van der Waals surface area contributed by atoms with Crippen LogP contribution in [0.25, 0.3) is 0 Å². The molecule has 0 amide bonds. The second-order valence-corrected chi connectivity index (χ2v) is 5.26. The molecule has 78 valence electrons. The first kappa shape index (κ1) is 12.4. The van der Waals surface area contributed by atoms with E-state index in [2.05, 4.69) is 24.3 Å². The molecule has 15 heavy (non-hydrogen) atoms. The third kappa shape index (κ3) is 3.16. The lowest BCUT2D eigenvalue weighted by molar-refractivity contribution is -0.00000266. The second kappa shape index (κ2) is 6.06. The molecular formula is C12H10Cl2S. The number of halogens is 2. The van der Waals surface area contributed by atoms with Crippen molar-refractivity contribution in [3.8, 4) is 0 Å². The van der Waals surface area contributed by atoms with Gasteiger partial charge < -0.3 is 12.4 Å². The van der Waals surface area contributed by atoms with Crippen molar-refractivity contribution >= 4 is 20.8 Å². The van der Waals surface area contributed by atoms with Gasteiger partial charge in [0.2, 0.25) is 0 Å². The third-order valence-electron chi connectivity index (χ3n) is 1.90. The molecule has 0 atom stereocenters. The van der Waals surface area contributed by atoms with Crippen molar-refractivity contribution in [2.24, 2.45) is 0 Å². The fraction of sp³-hybridized carbons (Fsp3) is 0. The molecule has 2 rings (SSSR count). The van der Waals surface area contributed by atoms with E-state index in [1.807, 2.05) is 36.4 Å². The fourth-order valence-electron chi connectivity index (χ4n) is 1.22. The van der Waals surface area contributed by atoms with Crippen LogP contribution in [0.4, 0.5) is 0 Å². The topological polar surface area (TPSA) is 0 Å². The Morgan fingerprint density at radius 2 is 1.00 bits per heavy atom. The van der Waals surface area contributed by atoms with Gasteiger partial charge in [0.25, 0.3) is 0 Å². The number of rotatable bonds is 2. The van der Waals surface area contributed by atoms with E-state index >= 15 is 0 Å². The predicted octanol–water partition coefficient (Wildman–Crippen LogP) is 0.881. The molecule has 0 aliphatic heterocycles. The summed E-state index contributed by atoms with van der Waals surface area (Å²) >= 11 is 0. The highest BCUT2D eigenvalue weighted by atomic mass is 35.7. The highest BCUT2D eigenvalue weighted by molar-refractivity contribution is 8.18. The maximum Gasteiger partial charge on any atom is 0.189 e. The first-order valence-corrected chi connectivity index (χ1v) is 6.43. The van der Waals surface area contributed by atoms with Crippen molar-refractivity contribution in [2.75, 3.05) is 0 Å². The molecule has 0 N–H and O–H groups in total. The van der Waals surface area contributed by atoms with Gasteiger partial charge in [-0.05, 0) is 24.3 Å². The quantitative estimate of drug-likeness (QED) is 0.701. The van der Waals surface area contributed by atoms with Gasteiger partial charge in [-0.25, -0.2) is 0 Å². The Kier molecular flexibility index (Phi) is 5.03. The van der Waals surface area contributed by atoms with Gasteiger partial charge in [0, 0.05) is 0 Å². The average Bonchev–Trinajstić information content (AvgIpc) is 2.30. The van der Waals surface area contributed by atoms with Gasteiger partial charge in [0.15, 0.2) is 30.6 Å². The van der Waals surface area contributed by atoms with Crippen molar-refractivity contribution in [1.29, 1.82) is 0 Å². The second-order valence-electron chi connectivity index (χ2n) is 2.88. The summed E-state index contributed by atoms with van der Waals surface area (Å²) in [6, 6.07) is 20.3. The lowest BCUT2D eigenvalue weighted by Gasteiger charge is -1.96. The number of benzene rings is 2. The van der Waals surface area contributed by atoms with Crippen LogP contribution < -0.4 is 12.4 Å². The van der Waals surface area contributed by atoms with Crippen LogP contribution in [-0.2, 0) is 10.1 Å². The zero-order valence-electron chi connectivity index (χ0n) is 7.94. The molecule has 2 aromatic carbocycles. The Morgan fingerprint density at radius 1 is 0.667 bits per heavy atom. The van der Waals surface area contributed by atoms with Gasteiger partial charge in [-0.3, -0.25) is 0 Å². The van der Waals surface area contributed by atoms with E-state index in [1.165, 1.54) is 9.79 Å². The normalized spacial score (nSPS) is 9.73. The van der Waals surface area contributed by atoms with E-state index in [0.29, 0.717) is 0 Å². The van der Waals surface area contributed by atoms with Gasteiger partial charge >= 0.3 is 0 Å². The van der Waals surface area contributed by atoms with E-state index in [1.54, 1.807) is 0 Å². The summed E-state index contributed by atoms with van der Waals surface area (Å²) in [7, 11) is 6.03. The van der Waals surface area contributed by atoms with E-state index < -0.39 is 0 Å². The summed E-state index contributed by atoms with van der Waals surface area (Å²) in [6.07, 6.45) is 0. The van der Waals surface area contributed by atoms with E-state index in [9.17, 15) is 0 Å². The highest BCUT2D eigenvalue weighted by Crippen LogP contribution is 2.26. The Morgan fingerprint density at radius 3 is 1.33 bits per heavy atom. The largest absolute Gasteiger partial charge is 1.00 e. The summed E-state index contributed by atoms with van der Waals surface area (Å²) in [6.45, 7) is 0. The van der Waals surface area contributed by atoms with Crippen LogP contribution in [0.5, 0.6) is 0 Å². The minimum atomic E-state index is -0.325. The van der Waals surface area contributed by atoms with Crippen LogP contribution in [0.1, 0.15) is 0 Å².